The van der Waals surface area contributed by atoms with Crippen molar-refractivity contribution in [3.8, 4) is 0 Å². The summed E-state index contributed by atoms with van der Waals surface area (Å²) in [6, 6.07) is 0.0300. The second-order valence-electron chi connectivity index (χ2n) is 3.27. The molecule has 4 heteroatoms. The SMILES string of the molecule is CCC(C)C1C(Cl)=CON1CCF. The van der Waals surface area contributed by atoms with E-state index in [1.807, 2.05) is 0 Å². The van der Waals surface area contributed by atoms with Gasteiger partial charge in [0.1, 0.15) is 12.9 Å². The Bertz CT molecular complexity index is 198. The largest absolute Gasteiger partial charge is 0.412 e. The van der Waals surface area contributed by atoms with Gasteiger partial charge in [-0.3, -0.25) is 0 Å². The first-order valence-corrected chi connectivity index (χ1v) is 4.93. The standard InChI is InChI=1S/C9H15ClFNO/c1-3-7(2)9-8(10)6-13-12(9)5-4-11/h6-7,9H,3-5H2,1-2H3. The van der Waals surface area contributed by atoms with Gasteiger partial charge in [-0.2, -0.15) is 0 Å². The predicted octanol–water partition coefficient (Wildman–Crippen LogP) is 2.70. The Kier molecular flexibility index (Phi) is 4.00. The van der Waals surface area contributed by atoms with Crippen molar-refractivity contribution in [3.63, 3.8) is 0 Å². The molecular weight excluding hydrogens is 193 g/mol. The summed E-state index contributed by atoms with van der Waals surface area (Å²) >= 11 is 5.95. The zero-order valence-corrected chi connectivity index (χ0v) is 8.72. The minimum Gasteiger partial charge on any atom is -0.412 e. The first kappa shape index (κ1) is 10.8. The van der Waals surface area contributed by atoms with E-state index in [0.29, 0.717) is 11.0 Å². The van der Waals surface area contributed by atoms with Gasteiger partial charge in [0.15, 0.2) is 0 Å². The molecule has 1 heterocycles. The Balaban J connectivity index is 2.59. The molecule has 0 saturated heterocycles. The van der Waals surface area contributed by atoms with Crippen molar-refractivity contribution in [2.24, 2.45) is 5.92 Å². The van der Waals surface area contributed by atoms with E-state index in [0.717, 1.165) is 6.42 Å². The lowest BCUT2D eigenvalue weighted by Gasteiger charge is -2.26. The lowest BCUT2D eigenvalue weighted by atomic mass is 9.99. The molecule has 0 fully saturated rings. The maximum atomic E-state index is 12.1. The molecule has 13 heavy (non-hydrogen) atoms. The molecule has 0 amide bonds. The molecule has 1 rings (SSSR count). The second-order valence-corrected chi connectivity index (χ2v) is 3.70. The number of halogens is 2. The van der Waals surface area contributed by atoms with Gasteiger partial charge in [0.25, 0.3) is 0 Å². The molecule has 1 aliphatic heterocycles. The molecule has 0 radical (unpaired) electrons. The molecule has 0 bridgehead atoms. The van der Waals surface area contributed by atoms with Gasteiger partial charge in [-0.25, -0.2) is 4.39 Å². The van der Waals surface area contributed by atoms with Crippen molar-refractivity contribution in [2.45, 2.75) is 26.3 Å². The number of alkyl halides is 1. The summed E-state index contributed by atoms with van der Waals surface area (Å²) in [5.74, 6) is 0.387. The maximum Gasteiger partial charge on any atom is 0.127 e. The minimum absolute atomic E-state index is 0.0300. The van der Waals surface area contributed by atoms with Gasteiger partial charge in [-0.05, 0) is 5.92 Å². The number of hydroxylamine groups is 2. The summed E-state index contributed by atoms with van der Waals surface area (Å²) < 4.78 is 12.1. The molecule has 0 N–H and O–H groups in total. The fourth-order valence-corrected chi connectivity index (χ4v) is 1.81. The molecule has 0 aromatic rings. The van der Waals surface area contributed by atoms with Gasteiger partial charge in [0.05, 0.1) is 17.6 Å². The van der Waals surface area contributed by atoms with E-state index in [9.17, 15) is 4.39 Å². The molecule has 0 aliphatic carbocycles. The van der Waals surface area contributed by atoms with E-state index in [4.69, 9.17) is 16.4 Å². The van der Waals surface area contributed by atoms with Crippen molar-refractivity contribution in [1.29, 1.82) is 0 Å². The topological polar surface area (TPSA) is 12.5 Å². The molecule has 2 atom stereocenters. The van der Waals surface area contributed by atoms with Crippen molar-refractivity contribution < 1.29 is 9.23 Å². The summed E-state index contributed by atoms with van der Waals surface area (Å²) in [7, 11) is 0. The number of rotatable bonds is 4. The van der Waals surface area contributed by atoms with Gasteiger partial charge in [-0.1, -0.05) is 31.9 Å². The van der Waals surface area contributed by atoms with Gasteiger partial charge >= 0.3 is 0 Å². The highest BCUT2D eigenvalue weighted by molar-refractivity contribution is 6.30. The van der Waals surface area contributed by atoms with Gasteiger partial charge < -0.3 is 4.84 Å². The summed E-state index contributed by atoms with van der Waals surface area (Å²) in [4.78, 5) is 5.14. The smallest absolute Gasteiger partial charge is 0.127 e. The van der Waals surface area contributed by atoms with Crippen LogP contribution >= 0.6 is 11.6 Å². The number of nitrogens with zero attached hydrogens (tertiary/aromatic N) is 1. The van der Waals surface area contributed by atoms with Crippen LogP contribution < -0.4 is 0 Å². The van der Waals surface area contributed by atoms with Crippen LogP contribution in [0.1, 0.15) is 20.3 Å². The molecule has 0 aromatic carbocycles. The Hall–Kier alpha value is -0.280. The van der Waals surface area contributed by atoms with E-state index in [1.165, 1.54) is 6.26 Å². The molecule has 0 spiro atoms. The highest BCUT2D eigenvalue weighted by Crippen LogP contribution is 2.29. The van der Waals surface area contributed by atoms with E-state index in [-0.39, 0.29) is 12.6 Å². The number of hydrogen-bond acceptors (Lipinski definition) is 2. The lowest BCUT2D eigenvalue weighted by molar-refractivity contribution is -0.117. The molecule has 2 nitrogen and oxygen atoms in total. The summed E-state index contributed by atoms with van der Waals surface area (Å²) in [6.07, 6.45) is 2.49. The van der Waals surface area contributed by atoms with E-state index < -0.39 is 6.67 Å². The van der Waals surface area contributed by atoms with Crippen LogP contribution in [0.5, 0.6) is 0 Å². The van der Waals surface area contributed by atoms with Crippen molar-refractivity contribution in [1.82, 2.24) is 5.06 Å². The fraction of sp³-hybridized carbons (Fsp3) is 0.778. The van der Waals surface area contributed by atoms with E-state index in [1.54, 1.807) is 5.06 Å². The summed E-state index contributed by atoms with van der Waals surface area (Å²) in [5, 5.41) is 2.28. The van der Waals surface area contributed by atoms with Gasteiger partial charge in [-0.15, -0.1) is 5.06 Å². The van der Waals surface area contributed by atoms with Crippen LogP contribution in [0.3, 0.4) is 0 Å². The zero-order chi connectivity index (χ0) is 9.84. The fourth-order valence-electron chi connectivity index (χ4n) is 1.44. The van der Waals surface area contributed by atoms with E-state index >= 15 is 0 Å². The molecule has 1 aliphatic rings. The average molecular weight is 208 g/mol. The van der Waals surface area contributed by atoms with Crippen LogP contribution in [-0.4, -0.2) is 24.3 Å². The number of hydrogen-bond donors (Lipinski definition) is 0. The van der Waals surface area contributed by atoms with Crippen LogP contribution in [0.2, 0.25) is 0 Å². The third kappa shape index (κ3) is 2.35. The molecule has 0 aromatic heterocycles. The third-order valence-corrected chi connectivity index (χ3v) is 2.69. The minimum atomic E-state index is -0.412. The lowest BCUT2D eigenvalue weighted by Crippen LogP contribution is -2.36. The first-order chi connectivity index (χ1) is 6.20. The van der Waals surface area contributed by atoms with Crippen molar-refractivity contribution >= 4 is 11.6 Å². The average Bonchev–Trinajstić information content (AvgIpc) is 2.47. The second kappa shape index (κ2) is 4.82. The van der Waals surface area contributed by atoms with Crippen LogP contribution in [0.4, 0.5) is 4.39 Å². The molecule has 76 valence electrons. The van der Waals surface area contributed by atoms with E-state index in [2.05, 4.69) is 13.8 Å². The Morgan fingerprint density at radius 2 is 2.46 bits per heavy atom. The maximum absolute atomic E-state index is 12.1. The van der Waals surface area contributed by atoms with Crippen LogP contribution in [0.15, 0.2) is 11.3 Å². The third-order valence-electron chi connectivity index (χ3n) is 2.38. The zero-order valence-electron chi connectivity index (χ0n) is 7.96. The molecular formula is C9H15ClFNO. The molecule has 2 unspecified atom stereocenters. The van der Waals surface area contributed by atoms with Gasteiger partial charge in [0.2, 0.25) is 0 Å². The first-order valence-electron chi connectivity index (χ1n) is 4.55. The highest BCUT2D eigenvalue weighted by Gasteiger charge is 2.32. The van der Waals surface area contributed by atoms with Gasteiger partial charge in [0, 0.05) is 0 Å². The monoisotopic (exact) mass is 207 g/mol. The van der Waals surface area contributed by atoms with Crippen LogP contribution in [0, 0.1) is 5.92 Å². The Morgan fingerprint density at radius 1 is 1.77 bits per heavy atom. The summed E-state index contributed by atoms with van der Waals surface area (Å²) in [5.41, 5.74) is 0. The Morgan fingerprint density at radius 3 is 3.00 bits per heavy atom. The Labute approximate surface area is 83.3 Å². The quantitative estimate of drug-likeness (QED) is 0.703. The normalized spacial score (nSPS) is 25.5. The highest BCUT2D eigenvalue weighted by atomic mass is 35.5. The van der Waals surface area contributed by atoms with Crippen LogP contribution in [-0.2, 0) is 4.84 Å². The van der Waals surface area contributed by atoms with Crippen molar-refractivity contribution in [2.75, 3.05) is 13.2 Å². The summed E-state index contributed by atoms with van der Waals surface area (Å²) in [6.45, 7) is 4.04. The van der Waals surface area contributed by atoms with Crippen molar-refractivity contribution in [3.05, 3.63) is 11.3 Å². The predicted molar refractivity (Wildman–Crippen MR) is 50.9 cm³/mol. The van der Waals surface area contributed by atoms with Crippen LogP contribution in [0.25, 0.3) is 0 Å². The molecule has 0 saturated carbocycles.